The van der Waals surface area contributed by atoms with Crippen LogP contribution in [0.5, 0.6) is 0 Å². The van der Waals surface area contributed by atoms with E-state index in [4.69, 9.17) is 16.3 Å². The van der Waals surface area contributed by atoms with Crippen LogP contribution in [0.4, 0.5) is 0 Å². The lowest BCUT2D eigenvalue weighted by atomic mass is 9.99. The SMILES string of the molecule is CCn1nc(C)c(Cl)c1CC(CCC1CCCCO1)NC. The lowest BCUT2D eigenvalue weighted by Crippen LogP contribution is -2.31. The Labute approximate surface area is 133 Å². The third-order valence-corrected chi connectivity index (χ3v) is 4.90. The molecule has 2 heterocycles. The van der Waals surface area contributed by atoms with E-state index in [1.165, 1.54) is 19.3 Å². The van der Waals surface area contributed by atoms with Crippen LogP contribution >= 0.6 is 11.6 Å². The van der Waals surface area contributed by atoms with Gasteiger partial charge in [0.15, 0.2) is 0 Å². The molecular formula is C16H28ClN3O. The van der Waals surface area contributed by atoms with Gasteiger partial charge < -0.3 is 10.1 Å². The number of nitrogens with one attached hydrogen (secondary N) is 1. The first-order valence-electron chi connectivity index (χ1n) is 8.16. The van der Waals surface area contributed by atoms with Crippen LogP contribution in [0, 0.1) is 6.92 Å². The monoisotopic (exact) mass is 313 g/mol. The summed E-state index contributed by atoms with van der Waals surface area (Å²) in [5.41, 5.74) is 2.08. The van der Waals surface area contributed by atoms with Crippen molar-refractivity contribution in [1.29, 1.82) is 0 Å². The highest BCUT2D eigenvalue weighted by Crippen LogP contribution is 2.24. The van der Waals surface area contributed by atoms with E-state index < -0.39 is 0 Å². The number of aryl methyl sites for hydroxylation is 2. The molecule has 0 saturated carbocycles. The van der Waals surface area contributed by atoms with Crippen molar-refractivity contribution in [3.63, 3.8) is 0 Å². The highest BCUT2D eigenvalue weighted by molar-refractivity contribution is 6.31. The maximum absolute atomic E-state index is 6.41. The fraction of sp³-hybridized carbons (Fsp3) is 0.812. The van der Waals surface area contributed by atoms with Gasteiger partial charge in [0.05, 0.1) is 22.5 Å². The lowest BCUT2D eigenvalue weighted by molar-refractivity contribution is 0.00867. The first-order valence-corrected chi connectivity index (χ1v) is 8.54. The van der Waals surface area contributed by atoms with Crippen molar-refractivity contribution in [3.8, 4) is 0 Å². The van der Waals surface area contributed by atoms with Gasteiger partial charge in [0.1, 0.15) is 0 Å². The Morgan fingerprint density at radius 2 is 2.29 bits per heavy atom. The first-order chi connectivity index (χ1) is 10.2. The Morgan fingerprint density at radius 3 is 2.90 bits per heavy atom. The van der Waals surface area contributed by atoms with Crippen molar-refractivity contribution in [2.75, 3.05) is 13.7 Å². The molecule has 1 N–H and O–H groups in total. The molecule has 1 aliphatic heterocycles. The maximum Gasteiger partial charge on any atom is 0.0847 e. The van der Waals surface area contributed by atoms with Gasteiger partial charge in [-0.25, -0.2) is 0 Å². The maximum atomic E-state index is 6.41. The zero-order valence-electron chi connectivity index (χ0n) is 13.5. The summed E-state index contributed by atoms with van der Waals surface area (Å²) in [6, 6.07) is 0.425. The minimum Gasteiger partial charge on any atom is -0.378 e. The van der Waals surface area contributed by atoms with E-state index in [1.54, 1.807) is 0 Å². The van der Waals surface area contributed by atoms with Gasteiger partial charge in [-0.1, -0.05) is 11.6 Å². The van der Waals surface area contributed by atoms with E-state index in [2.05, 4.69) is 17.3 Å². The van der Waals surface area contributed by atoms with Crippen LogP contribution in [0.25, 0.3) is 0 Å². The molecule has 1 aromatic heterocycles. The Bertz CT molecular complexity index is 441. The molecule has 120 valence electrons. The molecule has 0 amide bonds. The molecule has 2 unspecified atom stereocenters. The Hall–Kier alpha value is -0.580. The number of hydrogen-bond donors (Lipinski definition) is 1. The number of aromatic nitrogens is 2. The highest BCUT2D eigenvalue weighted by atomic mass is 35.5. The van der Waals surface area contributed by atoms with Crippen LogP contribution in [0.15, 0.2) is 0 Å². The van der Waals surface area contributed by atoms with Crippen molar-refractivity contribution >= 4 is 11.6 Å². The summed E-state index contributed by atoms with van der Waals surface area (Å²) in [5, 5.41) is 8.75. The van der Waals surface area contributed by atoms with Gasteiger partial charge in [-0.3, -0.25) is 4.68 Å². The molecular weight excluding hydrogens is 286 g/mol. The largest absolute Gasteiger partial charge is 0.378 e. The van der Waals surface area contributed by atoms with Crippen molar-refractivity contribution in [3.05, 3.63) is 16.4 Å². The van der Waals surface area contributed by atoms with E-state index in [0.29, 0.717) is 12.1 Å². The smallest absolute Gasteiger partial charge is 0.0847 e. The third kappa shape index (κ3) is 4.44. The summed E-state index contributed by atoms with van der Waals surface area (Å²) in [4.78, 5) is 0. The van der Waals surface area contributed by atoms with Gasteiger partial charge in [0.2, 0.25) is 0 Å². The van der Waals surface area contributed by atoms with Crippen LogP contribution in [0.3, 0.4) is 0 Å². The van der Waals surface area contributed by atoms with Crippen LogP contribution in [-0.2, 0) is 17.7 Å². The molecule has 0 radical (unpaired) electrons. The average molecular weight is 314 g/mol. The predicted octanol–water partition coefficient (Wildman–Crippen LogP) is 3.34. The molecule has 1 fully saturated rings. The highest BCUT2D eigenvalue weighted by Gasteiger charge is 2.19. The van der Waals surface area contributed by atoms with Crippen molar-refractivity contribution in [2.45, 2.75) is 71.1 Å². The van der Waals surface area contributed by atoms with Gasteiger partial charge in [-0.2, -0.15) is 5.10 Å². The average Bonchev–Trinajstić information content (AvgIpc) is 2.79. The zero-order chi connectivity index (χ0) is 15.2. The Balaban J connectivity index is 1.92. The third-order valence-electron chi connectivity index (χ3n) is 4.41. The van der Waals surface area contributed by atoms with Crippen LogP contribution in [-0.4, -0.2) is 35.6 Å². The van der Waals surface area contributed by atoms with Crippen LogP contribution in [0.1, 0.15) is 50.4 Å². The molecule has 0 aromatic carbocycles. The second kappa shape index (κ2) is 8.16. The van der Waals surface area contributed by atoms with Gasteiger partial charge >= 0.3 is 0 Å². The van der Waals surface area contributed by atoms with Gasteiger partial charge in [-0.05, 0) is 53.0 Å². The summed E-state index contributed by atoms with van der Waals surface area (Å²) in [7, 11) is 2.03. The second-order valence-corrected chi connectivity index (χ2v) is 6.30. The number of ether oxygens (including phenoxy) is 1. The topological polar surface area (TPSA) is 39.1 Å². The van der Waals surface area contributed by atoms with E-state index in [9.17, 15) is 0 Å². The molecule has 1 saturated heterocycles. The molecule has 0 aliphatic carbocycles. The normalized spacial score (nSPS) is 20.7. The molecule has 1 aliphatic rings. The molecule has 2 rings (SSSR count). The first kappa shape index (κ1) is 16.8. The Morgan fingerprint density at radius 1 is 1.48 bits per heavy atom. The van der Waals surface area contributed by atoms with E-state index >= 15 is 0 Å². The van der Waals surface area contributed by atoms with Gasteiger partial charge in [0, 0.05) is 25.6 Å². The molecule has 5 heteroatoms. The Kier molecular flexibility index (Phi) is 6.52. The zero-order valence-corrected chi connectivity index (χ0v) is 14.2. The van der Waals surface area contributed by atoms with E-state index in [0.717, 1.165) is 48.8 Å². The molecule has 0 bridgehead atoms. The summed E-state index contributed by atoms with van der Waals surface area (Å²) >= 11 is 6.41. The number of likely N-dealkylation sites (N-methyl/N-ethyl adjacent to an activating group) is 1. The van der Waals surface area contributed by atoms with Crippen molar-refractivity contribution in [2.24, 2.45) is 0 Å². The van der Waals surface area contributed by atoms with Crippen LogP contribution in [0.2, 0.25) is 5.02 Å². The predicted molar refractivity (Wildman–Crippen MR) is 87.0 cm³/mol. The van der Waals surface area contributed by atoms with Crippen molar-refractivity contribution in [1.82, 2.24) is 15.1 Å². The molecule has 4 nitrogen and oxygen atoms in total. The number of nitrogens with zero attached hydrogens (tertiary/aromatic N) is 2. The van der Waals surface area contributed by atoms with Crippen LogP contribution < -0.4 is 5.32 Å². The summed E-state index contributed by atoms with van der Waals surface area (Å²) in [6.45, 7) is 5.88. The fourth-order valence-electron chi connectivity index (χ4n) is 3.07. The van der Waals surface area contributed by atoms with E-state index in [-0.39, 0.29) is 0 Å². The quantitative estimate of drug-likeness (QED) is 0.839. The summed E-state index contributed by atoms with van der Waals surface area (Å²) in [5.74, 6) is 0. The number of rotatable bonds is 7. The summed E-state index contributed by atoms with van der Waals surface area (Å²) < 4.78 is 7.85. The molecule has 0 spiro atoms. The van der Waals surface area contributed by atoms with Gasteiger partial charge in [-0.15, -0.1) is 0 Å². The van der Waals surface area contributed by atoms with Crippen molar-refractivity contribution < 1.29 is 4.74 Å². The second-order valence-electron chi connectivity index (χ2n) is 5.92. The molecule has 2 atom stereocenters. The summed E-state index contributed by atoms with van der Waals surface area (Å²) in [6.07, 6.45) is 7.36. The lowest BCUT2D eigenvalue weighted by Gasteiger charge is -2.25. The standard InChI is InChI=1S/C16H28ClN3O/c1-4-20-15(16(17)12(2)19-20)11-13(18-3)8-9-14-7-5-6-10-21-14/h13-14,18H,4-11H2,1-3H3. The van der Waals surface area contributed by atoms with Gasteiger partial charge in [0.25, 0.3) is 0 Å². The number of halogens is 1. The number of hydrogen-bond acceptors (Lipinski definition) is 3. The fourth-order valence-corrected chi connectivity index (χ4v) is 3.28. The molecule has 21 heavy (non-hydrogen) atoms. The minimum absolute atomic E-state index is 0.425. The molecule has 1 aromatic rings. The van der Waals surface area contributed by atoms with E-state index in [1.807, 2.05) is 18.7 Å². The minimum atomic E-state index is 0.425.